The lowest BCUT2D eigenvalue weighted by molar-refractivity contribution is -0.123. The van der Waals surface area contributed by atoms with Gasteiger partial charge in [0.1, 0.15) is 0 Å². The number of aromatic nitrogens is 1. The van der Waals surface area contributed by atoms with Gasteiger partial charge in [-0.2, -0.15) is 0 Å². The topological polar surface area (TPSA) is 42.3 Å². The van der Waals surface area contributed by atoms with Crippen molar-refractivity contribution in [1.82, 2.24) is 9.47 Å². The van der Waals surface area contributed by atoms with E-state index in [1.807, 2.05) is 51.1 Å². The van der Waals surface area contributed by atoms with E-state index in [1.165, 1.54) is 8.47 Å². The lowest BCUT2D eigenvalue weighted by Crippen LogP contribution is -2.27. The third kappa shape index (κ3) is 4.11. The standard InChI is InChI=1S/C24H21IN2O2S/c1-15-5-4-6-18(11-15)14-26-23(28)22(30-24(26)29)13-19-12-16(2)27(17(19)3)21-9-7-20(25)8-10-21/h4-13H,14H2,1-3H3/b22-13-. The number of carbonyl (C=O) groups excluding carboxylic acids is 2. The Labute approximate surface area is 194 Å². The predicted octanol–water partition coefficient (Wildman–Crippen LogP) is 6.24. The molecule has 0 unspecified atom stereocenters. The van der Waals surface area contributed by atoms with Crippen LogP contribution >= 0.6 is 34.4 Å². The van der Waals surface area contributed by atoms with Gasteiger partial charge in [-0.3, -0.25) is 14.5 Å². The molecule has 0 N–H and O–H groups in total. The lowest BCUT2D eigenvalue weighted by atomic mass is 10.1. The Morgan fingerprint density at radius 2 is 1.73 bits per heavy atom. The van der Waals surface area contributed by atoms with Gasteiger partial charge in [-0.1, -0.05) is 29.8 Å². The molecule has 1 fully saturated rings. The summed E-state index contributed by atoms with van der Waals surface area (Å²) in [6.07, 6.45) is 1.84. The van der Waals surface area contributed by atoms with Crippen LogP contribution in [-0.2, 0) is 11.3 Å². The summed E-state index contributed by atoms with van der Waals surface area (Å²) >= 11 is 3.30. The van der Waals surface area contributed by atoms with E-state index >= 15 is 0 Å². The first-order valence-electron chi connectivity index (χ1n) is 9.59. The van der Waals surface area contributed by atoms with Gasteiger partial charge in [-0.05, 0) is 103 Å². The monoisotopic (exact) mass is 528 g/mol. The van der Waals surface area contributed by atoms with Crippen LogP contribution in [0.1, 0.15) is 28.1 Å². The highest BCUT2D eigenvalue weighted by molar-refractivity contribution is 14.1. The number of aryl methyl sites for hydroxylation is 2. The first kappa shape index (κ1) is 20.9. The maximum atomic E-state index is 12.9. The van der Waals surface area contributed by atoms with Gasteiger partial charge in [0.15, 0.2) is 0 Å². The van der Waals surface area contributed by atoms with E-state index in [4.69, 9.17) is 0 Å². The van der Waals surface area contributed by atoms with Crippen LogP contribution in [0.15, 0.2) is 59.5 Å². The van der Waals surface area contributed by atoms with Crippen LogP contribution in [0.3, 0.4) is 0 Å². The van der Waals surface area contributed by atoms with Crippen LogP contribution in [0.2, 0.25) is 0 Å². The van der Waals surface area contributed by atoms with Crippen LogP contribution in [0.5, 0.6) is 0 Å². The van der Waals surface area contributed by atoms with Gasteiger partial charge in [0.25, 0.3) is 11.1 Å². The first-order chi connectivity index (χ1) is 14.3. The predicted molar refractivity (Wildman–Crippen MR) is 131 cm³/mol. The minimum Gasteiger partial charge on any atom is -0.318 e. The summed E-state index contributed by atoms with van der Waals surface area (Å²) in [4.78, 5) is 27.2. The highest BCUT2D eigenvalue weighted by Crippen LogP contribution is 2.34. The van der Waals surface area contributed by atoms with E-state index in [0.717, 1.165) is 45.5 Å². The minimum absolute atomic E-state index is 0.223. The SMILES string of the molecule is Cc1cccc(CN2C(=O)S/C(=C\c3cc(C)n(-c4ccc(I)cc4)c3C)C2=O)c1. The fraction of sp³-hybridized carbons (Fsp3) is 0.167. The minimum atomic E-state index is -0.231. The molecule has 0 bridgehead atoms. The Balaban J connectivity index is 1.62. The maximum Gasteiger partial charge on any atom is 0.293 e. The number of amides is 2. The van der Waals surface area contributed by atoms with Gasteiger partial charge in [0.05, 0.1) is 11.4 Å². The summed E-state index contributed by atoms with van der Waals surface area (Å²) < 4.78 is 3.35. The van der Waals surface area contributed by atoms with Crippen LogP contribution in [0.25, 0.3) is 11.8 Å². The summed E-state index contributed by atoms with van der Waals surface area (Å²) in [5, 5.41) is -0.223. The molecule has 1 aromatic heterocycles. The Bertz CT molecular complexity index is 1180. The van der Waals surface area contributed by atoms with Crippen molar-refractivity contribution in [3.63, 3.8) is 0 Å². The van der Waals surface area contributed by atoms with Crippen molar-refractivity contribution in [3.8, 4) is 5.69 Å². The third-order valence-corrected chi connectivity index (χ3v) is 6.77. The summed E-state index contributed by atoms with van der Waals surface area (Å²) in [5.41, 5.74) is 6.22. The molecule has 30 heavy (non-hydrogen) atoms. The summed E-state index contributed by atoms with van der Waals surface area (Å²) in [6, 6.07) is 18.3. The van der Waals surface area contributed by atoms with Crippen molar-refractivity contribution in [1.29, 1.82) is 0 Å². The van der Waals surface area contributed by atoms with Crippen molar-refractivity contribution < 1.29 is 9.59 Å². The smallest absolute Gasteiger partial charge is 0.293 e. The number of carbonyl (C=O) groups is 2. The van der Waals surface area contributed by atoms with Crippen LogP contribution in [-0.4, -0.2) is 20.6 Å². The number of thioether (sulfide) groups is 1. The largest absolute Gasteiger partial charge is 0.318 e. The number of benzene rings is 2. The summed E-state index contributed by atoms with van der Waals surface area (Å²) in [7, 11) is 0. The number of hydrogen-bond acceptors (Lipinski definition) is 3. The molecule has 0 spiro atoms. The number of hydrogen-bond donors (Lipinski definition) is 0. The van der Waals surface area contributed by atoms with Gasteiger partial charge in [0.2, 0.25) is 0 Å². The third-order valence-electron chi connectivity index (χ3n) is 5.14. The average molecular weight is 528 g/mol. The highest BCUT2D eigenvalue weighted by Gasteiger charge is 2.35. The molecule has 0 saturated carbocycles. The second kappa shape index (κ2) is 8.43. The van der Waals surface area contributed by atoms with Crippen molar-refractivity contribution in [3.05, 3.63) is 91.2 Å². The average Bonchev–Trinajstić information content (AvgIpc) is 3.13. The molecule has 0 radical (unpaired) electrons. The van der Waals surface area contributed by atoms with Crippen LogP contribution in [0, 0.1) is 24.3 Å². The second-order valence-electron chi connectivity index (χ2n) is 7.40. The Morgan fingerprint density at radius 1 is 1.00 bits per heavy atom. The zero-order chi connectivity index (χ0) is 21.4. The molecule has 2 heterocycles. The summed E-state index contributed by atoms with van der Waals surface area (Å²) in [6.45, 7) is 6.38. The first-order valence-corrected chi connectivity index (χ1v) is 11.5. The van der Waals surface area contributed by atoms with Crippen molar-refractivity contribution in [2.24, 2.45) is 0 Å². The van der Waals surface area contributed by atoms with E-state index in [0.29, 0.717) is 11.4 Å². The second-order valence-corrected chi connectivity index (χ2v) is 9.63. The van der Waals surface area contributed by atoms with Crippen LogP contribution < -0.4 is 0 Å². The van der Waals surface area contributed by atoms with E-state index < -0.39 is 0 Å². The molecule has 1 saturated heterocycles. The maximum absolute atomic E-state index is 12.9. The van der Waals surface area contributed by atoms with Crippen LogP contribution in [0.4, 0.5) is 4.79 Å². The lowest BCUT2D eigenvalue weighted by Gasteiger charge is -2.12. The highest BCUT2D eigenvalue weighted by atomic mass is 127. The number of imide groups is 1. The molecule has 3 aromatic rings. The molecule has 2 aromatic carbocycles. The van der Waals surface area contributed by atoms with Crippen molar-refractivity contribution in [2.75, 3.05) is 0 Å². The van der Waals surface area contributed by atoms with E-state index in [2.05, 4.69) is 57.5 Å². The molecule has 4 nitrogen and oxygen atoms in total. The normalized spacial score (nSPS) is 15.5. The molecule has 4 rings (SSSR count). The quantitative estimate of drug-likeness (QED) is 0.297. The van der Waals surface area contributed by atoms with Gasteiger partial charge in [-0.15, -0.1) is 0 Å². The molecular formula is C24H21IN2O2S. The number of rotatable bonds is 4. The zero-order valence-electron chi connectivity index (χ0n) is 17.0. The molecule has 152 valence electrons. The van der Waals surface area contributed by atoms with E-state index in [-0.39, 0.29) is 11.1 Å². The zero-order valence-corrected chi connectivity index (χ0v) is 20.0. The molecule has 2 amide bonds. The molecular weight excluding hydrogens is 507 g/mol. The Kier molecular flexibility index (Phi) is 5.88. The fourth-order valence-corrected chi connectivity index (χ4v) is 4.88. The van der Waals surface area contributed by atoms with Gasteiger partial charge < -0.3 is 4.57 Å². The fourth-order valence-electron chi connectivity index (χ4n) is 3.69. The molecule has 6 heteroatoms. The van der Waals surface area contributed by atoms with Gasteiger partial charge in [-0.25, -0.2) is 0 Å². The molecule has 0 aliphatic carbocycles. The summed E-state index contributed by atoms with van der Waals surface area (Å²) in [5.74, 6) is -0.231. The number of nitrogens with zero attached hydrogens (tertiary/aromatic N) is 2. The van der Waals surface area contributed by atoms with Gasteiger partial charge >= 0.3 is 0 Å². The molecule has 1 aliphatic heterocycles. The Hall–Kier alpha value is -2.32. The molecule has 1 aliphatic rings. The Morgan fingerprint density at radius 3 is 2.43 bits per heavy atom. The van der Waals surface area contributed by atoms with Crippen molar-refractivity contribution in [2.45, 2.75) is 27.3 Å². The van der Waals surface area contributed by atoms with E-state index in [9.17, 15) is 9.59 Å². The van der Waals surface area contributed by atoms with E-state index in [1.54, 1.807) is 0 Å². The van der Waals surface area contributed by atoms with Gasteiger partial charge in [0, 0.05) is 20.6 Å². The van der Waals surface area contributed by atoms with Crippen molar-refractivity contribution >= 4 is 51.6 Å². The molecule has 0 atom stereocenters. The number of halogens is 1.